The molecule has 0 bridgehead atoms. The maximum Gasteiger partial charge on any atom is 0.263 e. The third-order valence-electron chi connectivity index (χ3n) is 6.14. The molecule has 4 rings (SSSR count). The number of aryl methyl sites for hydroxylation is 1. The average Bonchev–Trinajstić information content (AvgIpc) is 3.20. The molecule has 3 aliphatic rings. The summed E-state index contributed by atoms with van der Waals surface area (Å²) >= 11 is 1.72. The van der Waals surface area contributed by atoms with Gasteiger partial charge in [-0.1, -0.05) is 20.8 Å². The van der Waals surface area contributed by atoms with Crippen LogP contribution in [-0.4, -0.2) is 42.9 Å². The predicted octanol–water partition coefficient (Wildman–Crippen LogP) is 3.88. The minimum Gasteiger partial charge on any atom is -0.347 e. The molecule has 1 aromatic rings. The molecular formula is C20H29NO3S. The van der Waals surface area contributed by atoms with Gasteiger partial charge < -0.3 is 14.4 Å². The number of carbonyl (C=O) groups excluding carboxylic acids is 1. The fraction of sp³-hybridized carbons (Fsp3) is 0.750. The summed E-state index contributed by atoms with van der Waals surface area (Å²) in [6.07, 6.45) is 5.06. The van der Waals surface area contributed by atoms with E-state index < -0.39 is 5.79 Å². The number of ether oxygens (including phenoxy) is 2. The van der Waals surface area contributed by atoms with Crippen LogP contribution in [0.25, 0.3) is 0 Å². The molecule has 1 aromatic heterocycles. The molecule has 1 aliphatic carbocycles. The normalized spacial score (nSPS) is 26.0. The second kappa shape index (κ2) is 6.36. The first-order chi connectivity index (χ1) is 11.9. The van der Waals surface area contributed by atoms with Gasteiger partial charge in [-0.25, -0.2) is 0 Å². The lowest BCUT2D eigenvalue weighted by Crippen LogP contribution is -2.47. The summed E-state index contributed by atoms with van der Waals surface area (Å²) in [5.41, 5.74) is 1.75. The van der Waals surface area contributed by atoms with Gasteiger partial charge in [-0.2, -0.15) is 0 Å². The first-order valence-corrected chi connectivity index (χ1v) is 10.4. The molecule has 5 heteroatoms. The molecule has 3 heterocycles. The number of thiophene rings is 1. The highest BCUT2D eigenvalue weighted by atomic mass is 32.1. The minimum absolute atomic E-state index is 0.194. The molecule has 1 unspecified atom stereocenters. The third kappa shape index (κ3) is 3.38. The molecule has 25 heavy (non-hydrogen) atoms. The van der Waals surface area contributed by atoms with Crippen LogP contribution in [0.15, 0.2) is 6.07 Å². The number of rotatable bonds is 1. The van der Waals surface area contributed by atoms with Gasteiger partial charge in [-0.3, -0.25) is 4.79 Å². The van der Waals surface area contributed by atoms with Crippen LogP contribution in [0, 0.1) is 11.3 Å². The van der Waals surface area contributed by atoms with Crippen LogP contribution in [0.2, 0.25) is 0 Å². The molecule has 4 nitrogen and oxygen atoms in total. The lowest BCUT2D eigenvalue weighted by atomic mass is 9.72. The molecule has 0 N–H and O–H groups in total. The van der Waals surface area contributed by atoms with Crippen LogP contribution >= 0.6 is 11.3 Å². The summed E-state index contributed by atoms with van der Waals surface area (Å²) < 4.78 is 11.5. The van der Waals surface area contributed by atoms with E-state index in [2.05, 4.69) is 26.8 Å². The van der Waals surface area contributed by atoms with Crippen molar-refractivity contribution in [1.29, 1.82) is 0 Å². The largest absolute Gasteiger partial charge is 0.347 e. The van der Waals surface area contributed by atoms with Gasteiger partial charge in [0.25, 0.3) is 5.91 Å². The summed E-state index contributed by atoms with van der Waals surface area (Å²) in [6.45, 7) is 9.81. The summed E-state index contributed by atoms with van der Waals surface area (Å²) in [5.74, 6) is 0.495. The van der Waals surface area contributed by atoms with Gasteiger partial charge in [-0.15, -0.1) is 11.3 Å². The Morgan fingerprint density at radius 1 is 1.24 bits per heavy atom. The van der Waals surface area contributed by atoms with Crippen molar-refractivity contribution in [2.75, 3.05) is 26.3 Å². The molecule has 0 saturated carbocycles. The highest BCUT2D eigenvalue weighted by Crippen LogP contribution is 2.40. The lowest BCUT2D eigenvalue weighted by molar-refractivity contribution is -0.181. The van der Waals surface area contributed by atoms with Crippen molar-refractivity contribution < 1.29 is 14.3 Å². The summed E-state index contributed by atoms with van der Waals surface area (Å²) in [7, 11) is 0. The van der Waals surface area contributed by atoms with Crippen LogP contribution in [0.3, 0.4) is 0 Å². The van der Waals surface area contributed by atoms with Crippen molar-refractivity contribution in [3.05, 3.63) is 21.4 Å². The molecular weight excluding hydrogens is 334 g/mol. The molecule has 1 spiro atoms. The molecule has 1 atom stereocenters. The highest BCUT2D eigenvalue weighted by molar-refractivity contribution is 7.14. The van der Waals surface area contributed by atoms with Gasteiger partial charge in [-0.05, 0) is 42.2 Å². The fourth-order valence-electron chi connectivity index (χ4n) is 4.36. The van der Waals surface area contributed by atoms with E-state index >= 15 is 0 Å². The Balaban J connectivity index is 1.43. The van der Waals surface area contributed by atoms with Gasteiger partial charge in [0.2, 0.25) is 0 Å². The number of carbonyl (C=O) groups is 1. The Bertz CT molecular complexity index is 644. The monoisotopic (exact) mass is 363 g/mol. The summed E-state index contributed by atoms with van der Waals surface area (Å²) in [6, 6.07) is 2.17. The zero-order valence-electron chi connectivity index (χ0n) is 15.6. The Kier molecular flexibility index (Phi) is 4.45. The summed E-state index contributed by atoms with van der Waals surface area (Å²) in [4.78, 5) is 17.3. The number of piperidine rings is 1. The molecule has 2 fully saturated rings. The fourth-order valence-corrected chi connectivity index (χ4v) is 5.54. The summed E-state index contributed by atoms with van der Waals surface area (Å²) in [5, 5.41) is 0. The van der Waals surface area contributed by atoms with Crippen molar-refractivity contribution in [2.24, 2.45) is 11.3 Å². The van der Waals surface area contributed by atoms with Crippen molar-refractivity contribution in [3.8, 4) is 0 Å². The minimum atomic E-state index is -0.411. The SMILES string of the molecule is CC(C)(C)C1CCc2sc(C(=O)N3CCC4(CC3)OCCO4)cc2C1. The number of nitrogens with zero attached hydrogens (tertiary/aromatic N) is 1. The Morgan fingerprint density at radius 3 is 2.56 bits per heavy atom. The van der Waals surface area contributed by atoms with Crippen molar-refractivity contribution in [3.63, 3.8) is 0 Å². The standard InChI is InChI=1S/C20H29NO3S/c1-19(2,3)15-4-5-16-14(12-15)13-17(25-16)18(22)21-8-6-20(7-9-21)23-10-11-24-20/h13,15H,4-12H2,1-3H3. The molecule has 2 aliphatic heterocycles. The second-order valence-electron chi connectivity index (χ2n) is 8.76. The first-order valence-electron chi connectivity index (χ1n) is 9.55. The van der Waals surface area contributed by atoms with E-state index in [9.17, 15) is 4.79 Å². The van der Waals surface area contributed by atoms with Crippen LogP contribution in [-0.2, 0) is 22.3 Å². The molecule has 1 amide bonds. The maximum absolute atomic E-state index is 13.0. The van der Waals surface area contributed by atoms with E-state index in [1.54, 1.807) is 11.3 Å². The van der Waals surface area contributed by atoms with E-state index in [0.29, 0.717) is 24.5 Å². The number of likely N-dealkylation sites (tertiary alicyclic amines) is 1. The first kappa shape index (κ1) is 17.5. The smallest absolute Gasteiger partial charge is 0.263 e. The third-order valence-corrected chi connectivity index (χ3v) is 7.37. The van der Waals surface area contributed by atoms with E-state index in [1.165, 1.54) is 16.9 Å². The second-order valence-corrected chi connectivity index (χ2v) is 9.90. The number of hydrogen-bond donors (Lipinski definition) is 0. The number of fused-ring (bicyclic) bond motifs is 1. The van der Waals surface area contributed by atoms with E-state index in [-0.39, 0.29) is 5.91 Å². The van der Waals surface area contributed by atoms with Gasteiger partial charge in [0.1, 0.15) is 0 Å². The van der Waals surface area contributed by atoms with E-state index in [1.807, 2.05) is 4.90 Å². The van der Waals surface area contributed by atoms with E-state index in [0.717, 1.165) is 43.6 Å². The van der Waals surface area contributed by atoms with E-state index in [4.69, 9.17) is 9.47 Å². The van der Waals surface area contributed by atoms with Crippen LogP contribution in [0.4, 0.5) is 0 Å². The number of hydrogen-bond acceptors (Lipinski definition) is 4. The number of amides is 1. The van der Waals surface area contributed by atoms with Gasteiger partial charge >= 0.3 is 0 Å². The van der Waals surface area contributed by atoms with Crippen molar-refractivity contribution in [2.45, 2.75) is 58.7 Å². The molecule has 2 saturated heterocycles. The van der Waals surface area contributed by atoms with Crippen LogP contribution in [0.5, 0.6) is 0 Å². The molecule has 138 valence electrons. The predicted molar refractivity (Wildman–Crippen MR) is 99.1 cm³/mol. The topological polar surface area (TPSA) is 38.8 Å². The Morgan fingerprint density at radius 2 is 1.92 bits per heavy atom. The quantitative estimate of drug-likeness (QED) is 0.760. The van der Waals surface area contributed by atoms with Crippen molar-refractivity contribution in [1.82, 2.24) is 4.90 Å². The van der Waals surface area contributed by atoms with Crippen LogP contribution in [0.1, 0.15) is 60.1 Å². The molecule has 0 aromatic carbocycles. The van der Waals surface area contributed by atoms with Gasteiger partial charge in [0, 0.05) is 30.8 Å². The van der Waals surface area contributed by atoms with Crippen LogP contribution < -0.4 is 0 Å². The van der Waals surface area contributed by atoms with Crippen molar-refractivity contribution >= 4 is 17.2 Å². The molecule has 0 radical (unpaired) electrons. The zero-order valence-corrected chi connectivity index (χ0v) is 16.4. The zero-order chi connectivity index (χ0) is 17.7. The Hall–Kier alpha value is -0.910. The average molecular weight is 364 g/mol. The Labute approximate surface area is 154 Å². The lowest BCUT2D eigenvalue weighted by Gasteiger charge is -2.37. The van der Waals surface area contributed by atoms with Gasteiger partial charge in [0.05, 0.1) is 18.1 Å². The van der Waals surface area contributed by atoms with Gasteiger partial charge in [0.15, 0.2) is 5.79 Å². The highest BCUT2D eigenvalue weighted by Gasteiger charge is 2.41. The maximum atomic E-state index is 13.0.